The molecule has 2 rings (SSSR count). The van der Waals surface area contributed by atoms with Crippen LogP contribution >= 0.6 is 0 Å². The molecule has 0 unspecified atom stereocenters. The van der Waals surface area contributed by atoms with E-state index in [1.807, 2.05) is 12.1 Å². The van der Waals surface area contributed by atoms with Crippen LogP contribution < -0.4 is 14.2 Å². The standard InChI is InChI=1S/C13H18O4/c1-15-11-5-8(10-4-9(10)7-14)6-12(16-2)13(11)17-3/h5-6,9-10,14H,4,7H2,1-3H3/t9-,10+/m0/s1. The second-order valence-corrected chi connectivity index (χ2v) is 4.24. The molecular weight excluding hydrogens is 220 g/mol. The van der Waals surface area contributed by atoms with Crippen LogP contribution in [0.3, 0.4) is 0 Å². The van der Waals surface area contributed by atoms with E-state index >= 15 is 0 Å². The first-order valence-electron chi connectivity index (χ1n) is 5.65. The minimum absolute atomic E-state index is 0.237. The first-order valence-corrected chi connectivity index (χ1v) is 5.65. The van der Waals surface area contributed by atoms with Gasteiger partial charge in [0.2, 0.25) is 5.75 Å². The topological polar surface area (TPSA) is 47.9 Å². The van der Waals surface area contributed by atoms with Crippen molar-refractivity contribution in [2.75, 3.05) is 27.9 Å². The molecule has 2 atom stereocenters. The van der Waals surface area contributed by atoms with Crippen LogP contribution in [0.1, 0.15) is 17.9 Å². The highest BCUT2D eigenvalue weighted by atomic mass is 16.5. The molecule has 1 fully saturated rings. The molecule has 1 saturated carbocycles. The lowest BCUT2D eigenvalue weighted by atomic mass is 10.1. The second-order valence-electron chi connectivity index (χ2n) is 4.24. The lowest BCUT2D eigenvalue weighted by molar-refractivity contribution is 0.273. The Balaban J connectivity index is 2.35. The molecule has 1 aromatic carbocycles. The highest BCUT2D eigenvalue weighted by Crippen LogP contribution is 2.50. The van der Waals surface area contributed by atoms with Gasteiger partial charge in [-0.2, -0.15) is 0 Å². The van der Waals surface area contributed by atoms with Gasteiger partial charge in [-0.15, -0.1) is 0 Å². The van der Waals surface area contributed by atoms with Crippen LogP contribution in [-0.2, 0) is 0 Å². The zero-order valence-electron chi connectivity index (χ0n) is 10.4. The molecule has 0 saturated heterocycles. The average molecular weight is 238 g/mol. The summed E-state index contributed by atoms with van der Waals surface area (Å²) in [6.07, 6.45) is 1.02. The summed E-state index contributed by atoms with van der Waals surface area (Å²) in [7, 11) is 4.81. The minimum atomic E-state index is 0.237. The maximum Gasteiger partial charge on any atom is 0.203 e. The number of ether oxygens (including phenoxy) is 3. The van der Waals surface area contributed by atoms with Gasteiger partial charge in [0.1, 0.15) is 0 Å². The zero-order chi connectivity index (χ0) is 12.4. The molecule has 1 aliphatic carbocycles. The van der Waals surface area contributed by atoms with E-state index in [-0.39, 0.29) is 6.61 Å². The van der Waals surface area contributed by atoms with Crippen molar-refractivity contribution in [2.24, 2.45) is 5.92 Å². The minimum Gasteiger partial charge on any atom is -0.493 e. The molecule has 1 aromatic rings. The Bertz CT molecular complexity index is 377. The van der Waals surface area contributed by atoms with Gasteiger partial charge in [-0.05, 0) is 36.0 Å². The molecule has 94 valence electrons. The van der Waals surface area contributed by atoms with Gasteiger partial charge in [0, 0.05) is 6.61 Å². The van der Waals surface area contributed by atoms with Crippen LogP contribution in [0.25, 0.3) is 0 Å². The lowest BCUT2D eigenvalue weighted by Gasteiger charge is -2.14. The van der Waals surface area contributed by atoms with Gasteiger partial charge in [-0.3, -0.25) is 0 Å². The number of methoxy groups -OCH3 is 3. The summed E-state index contributed by atoms with van der Waals surface area (Å²) in [5, 5.41) is 9.10. The molecular formula is C13H18O4. The van der Waals surface area contributed by atoms with Crippen molar-refractivity contribution in [1.29, 1.82) is 0 Å². The van der Waals surface area contributed by atoms with Gasteiger partial charge in [-0.25, -0.2) is 0 Å². The number of rotatable bonds is 5. The van der Waals surface area contributed by atoms with Gasteiger partial charge in [0.15, 0.2) is 11.5 Å². The Morgan fingerprint density at radius 2 is 1.71 bits per heavy atom. The van der Waals surface area contributed by atoms with Crippen molar-refractivity contribution in [2.45, 2.75) is 12.3 Å². The summed E-state index contributed by atoms with van der Waals surface area (Å²) in [4.78, 5) is 0. The highest BCUT2D eigenvalue weighted by Gasteiger charge is 2.38. The van der Waals surface area contributed by atoms with E-state index in [9.17, 15) is 0 Å². The number of benzene rings is 1. The third-order valence-electron chi connectivity index (χ3n) is 3.27. The molecule has 0 amide bonds. The maximum atomic E-state index is 9.10. The van der Waals surface area contributed by atoms with Crippen molar-refractivity contribution >= 4 is 0 Å². The van der Waals surface area contributed by atoms with Crippen molar-refractivity contribution < 1.29 is 19.3 Å². The average Bonchev–Trinajstić information content (AvgIpc) is 3.16. The Morgan fingerprint density at radius 3 is 2.06 bits per heavy atom. The second kappa shape index (κ2) is 4.84. The molecule has 17 heavy (non-hydrogen) atoms. The predicted octanol–water partition coefficient (Wildman–Crippen LogP) is 1.81. The van der Waals surface area contributed by atoms with Crippen LogP contribution in [0.5, 0.6) is 17.2 Å². The lowest BCUT2D eigenvalue weighted by Crippen LogP contribution is -1.97. The van der Waals surface area contributed by atoms with Gasteiger partial charge in [0.05, 0.1) is 21.3 Å². The van der Waals surface area contributed by atoms with Crippen molar-refractivity contribution in [3.8, 4) is 17.2 Å². The summed E-state index contributed by atoms with van der Waals surface area (Å²) in [6, 6.07) is 3.92. The molecule has 0 bridgehead atoms. The largest absolute Gasteiger partial charge is 0.493 e. The van der Waals surface area contributed by atoms with Crippen molar-refractivity contribution in [3.05, 3.63) is 17.7 Å². The van der Waals surface area contributed by atoms with E-state index in [0.29, 0.717) is 29.1 Å². The Morgan fingerprint density at radius 1 is 1.12 bits per heavy atom. The molecule has 1 N–H and O–H groups in total. The molecule has 0 radical (unpaired) electrons. The van der Waals surface area contributed by atoms with Crippen molar-refractivity contribution in [1.82, 2.24) is 0 Å². The summed E-state index contributed by atoms with van der Waals surface area (Å²) in [5.41, 5.74) is 1.14. The van der Waals surface area contributed by atoms with Gasteiger partial charge in [0.25, 0.3) is 0 Å². The summed E-state index contributed by atoms with van der Waals surface area (Å²) in [6.45, 7) is 0.237. The van der Waals surface area contributed by atoms with E-state index in [4.69, 9.17) is 19.3 Å². The van der Waals surface area contributed by atoms with E-state index in [2.05, 4.69) is 0 Å². The van der Waals surface area contributed by atoms with Crippen LogP contribution in [0, 0.1) is 5.92 Å². The first-order chi connectivity index (χ1) is 8.24. The third kappa shape index (κ3) is 2.17. The van der Waals surface area contributed by atoms with E-state index in [0.717, 1.165) is 12.0 Å². The van der Waals surface area contributed by atoms with E-state index < -0.39 is 0 Å². The highest BCUT2D eigenvalue weighted by molar-refractivity contribution is 5.55. The summed E-state index contributed by atoms with van der Waals surface area (Å²) in [5.74, 6) is 2.74. The fraction of sp³-hybridized carbons (Fsp3) is 0.538. The fourth-order valence-corrected chi connectivity index (χ4v) is 2.17. The molecule has 0 aliphatic heterocycles. The summed E-state index contributed by atoms with van der Waals surface area (Å²) >= 11 is 0. The molecule has 0 spiro atoms. The normalized spacial score (nSPS) is 22.1. The molecule has 4 nitrogen and oxygen atoms in total. The monoisotopic (exact) mass is 238 g/mol. The zero-order valence-corrected chi connectivity index (χ0v) is 10.4. The first kappa shape index (κ1) is 12.0. The number of hydrogen-bond donors (Lipinski definition) is 1. The molecule has 1 aliphatic rings. The SMILES string of the molecule is COc1cc([C@H]2C[C@H]2CO)cc(OC)c1OC. The van der Waals surface area contributed by atoms with Crippen molar-refractivity contribution in [3.63, 3.8) is 0 Å². The van der Waals surface area contributed by atoms with Crippen LogP contribution in [0.4, 0.5) is 0 Å². The molecule has 0 heterocycles. The smallest absolute Gasteiger partial charge is 0.203 e. The Labute approximate surface area is 101 Å². The van der Waals surface area contributed by atoms with Gasteiger partial charge in [-0.1, -0.05) is 0 Å². The van der Waals surface area contributed by atoms with E-state index in [1.54, 1.807) is 21.3 Å². The molecule has 0 aromatic heterocycles. The Kier molecular flexibility index (Phi) is 3.43. The van der Waals surface area contributed by atoms with E-state index in [1.165, 1.54) is 0 Å². The molecule has 4 heteroatoms. The maximum absolute atomic E-state index is 9.10. The number of aliphatic hydroxyl groups is 1. The van der Waals surface area contributed by atoms with Crippen LogP contribution in [-0.4, -0.2) is 33.0 Å². The fourth-order valence-electron chi connectivity index (χ4n) is 2.17. The van der Waals surface area contributed by atoms with Crippen LogP contribution in [0.15, 0.2) is 12.1 Å². The Hall–Kier alpha value is -1.42. The number of aliphatic hydroxyl groups excluding tert-OH is 1. The summed E-state index contributed by atoms with van der Waals surface area (Å²) < 4.78 is 15.9. The quantitative estimate of drug-likeness (QED) is 0.850. The predicted molar refractivity (Wildman–Crippen MR) is 64.0 cm³/mol. The van der Waals surface area contributed by atoms with Gasteiger partial charge < -0.3 is 19.3 Å². The number of hydrogen-bond acceptors (Lipinski definition) is 4. The third-order valence-corrected chi connectivity index (χ3v) is 3.27. The van der Waals surface area contributed by atoms with Gasteiger partial charge >= 0.3 is 0 Å². The van der Waals surface area contributed by atoms with Crippen LogP contribution in [0.2, 0.25) is 0 Å².